The summed E-state index contributed by atoms with van der Waals surface area (Å²) in [4.78, 5) is 15.9. The lowest BCUT2D eigenvalue weighted by atomic mass is 10.2. The summed E-state index contributed by atoms with van der Waals surface area (Å²) in [6.45, 7) is 5.64. The fourth-order valence-corrected chi connectivity index (χ4v) is 2.23. The Kier molecular flexibility index (Phi) is 4.83. The van der Waals surface area contributed by atoms with Crippen molar-refractivity contribution in [1.29, 1.82) is 0 Å². The number of benzene rings is 1. The molecule has 0 aliphatic rings. The standard InChI is InChI=1S/C18H20N4O3/c1-4-16(23)19-13-7-9-14(10-8-13)22-17(15-6-5-11-24-15)20-18(21-22)25-12(2)3/h5-12H,4H2,1-3H3,(H,19,23). The zero-order chi connectivity index (χ0) is 17.8. The van der Waals surface area contributed by atoms with Crippen LogP contribution in [0.15, 0.2) is 47.1 Å². The first kappa shape index (κ1) is 16.8. The van der Waals surface area contributed by atoms with E-state index in [4.69, 9.17) is 9.15 Å². The van der Waals surface area contributed by atoms with E-state index >= 15 is 0 Å². The summed E-state index contributed by atoms with van der Waals surface area (Å²) in [6, 6.07) is 11.2. The molecule has 2 aromatic heterocycles. The van der Waals surface area contributed by atoms with E-state index in [1.54, 1.807) is 17.0 Å². The van der Waals surface area contributed by atoms with Crippen LogP contribution in [0.1, 0.15) is 27.2 Å². The predicted molar refractivity (Wildman–Crippen MR) is 93.7 cm³/mol. The quantitative estimate of drug-likeness (QED) is 0.740. The normalized spacial score (nSPS) is 10.9. The van der Waals surface area contributed by atoms with Gasteiger partial charge < -0.3 is 14.5 Å². The van der Waals surface area contributed by atoms with Crippen molar-refractivity contribution in [2.45, 2.75) is 33.3 Å². The molecule has 0 aliphatic carbocycles. The molecule has 0 atom stereocenters. The van der Waals surface area contributed by atoms with E-state index in [1.165, 1.54) is 0 Å². The molecule has 0 aliphatic heterocycles. The number of rotatable bonds is 6. The van der Waals surface area contributed by atoms with Crippen molar-refractivity contribution in [3.8, 4) is 23.3 Å². The van der Waals surface area contributed by atoms with Gasteiger partial charge in [-0.3, -0.25) is 4.79 Å². The fraction of sp³-hybridized carbons (Fsp3) is 0.278. The topological polar surface area (TPSA) is 82.2 Å². The molecule has 1 N–H and O–H groups in total. The second-order valence-electron chi connectivity index (χ2n) is 5.72. The molecule has 0 unspecified atom stereocenters. The summed E-state index contributed by atoms with van der Waals surface area (Å²) in [5, 5.41) is 7.24. The molecular formula is C18H20N4O3. The smallest absolute Gasteiger partial charge is 0.336 e. The summed E-state index contributed by atoms with van der Waals surface area (Å²) >= 11 is 0. The van der Waals surface area contributed by atoms with Gasteiger partial charge in [0.2, 0.25) is 11.7 Å². The van der Waals surface area contributed by atoms with Crippen LogP contribution in [0.25, 0.3) is 17.3 Å². The van der Waals surface area contributed by atoms with Crippen LogP contribution < -0.4 is 10.1 Å². The van der Waals surface area contributed by atoms with Crippen molar-refractivity contribution < 1.29 is 13.9 Å². The minimum atomic E-state index is -0.0352. The summed E-state index contributed by atoms with van der Waals surface area (Å²) in [5.41, 5.74) is 1.51. The van der Waals surface area contributed by atoms with Gasteiger partial charge in [-0.05, 0) is 50.2 Å². The average molecular weight is 340 g/mol. The Morgan fingerprint density at radius 2 is 2.04 bits per heavy atom. The van der Waals surface area contributed by atoms with Gasteiger partial charge in [0.05, 0.1) is 18.1 Å². The van der Waals surface area contributed by atoms with Gasteiger partial charge in [0, 0.05) is 12.1 Å². The van der Waals surface area contributed by atoms with Crippen molar-refractivity contribution >= 4 is 11.6 Å². The van der Waals surface area contributed by atoms with Crippen molar-refractivity contribution in [2.75, 3.05) is 5.32 Å². The minimum Gasteiger partial charge on any atom is -0.461 e. The molecule has 0 radical (unpaired) electrons. The van der Waals surface area contributed by atoms with E-state index in [0.29, 0.717) is 18.0 Å². The van der Waals surface area contributed by atoms with Gasteiger partial charge in [-0.2, -0.15) is 4.98 Å². The Morgan fingerprint density at radius 3 is 2.64 bits per heavy atom. The second kappa shape index (κ2) is 7.21. The Morgan fingerprint density at radius 1 is 1.28 bits per heavy atom. The number of carbonyl (C=O) groups is 1. The molecule has 1 amide bonds. The first-order valence-electron chi connectivity index (χ1n) is 8.14. The van der Waals surface area contributed by atoms with Gasteiger partial charge in [-0.1, -0.05) is 6.92 Å². The highest BCUT2D eigenvalue weighted by Gasteiger charge is 2.17. The average Bonchev–Trinajstić information content (AvgIpc) is 3.24. The number of amides is 1. The molecule has 7 heteroatoms. The van der Waals surface area contributed by atoms with E-state index in [2.05, 4.69) is 15.4 Å². The van der Waals surface area contributed by atoms with E-state index in [1.807, 2.05) is 51.1 Å². The van der Waals surface area contributed by atoms with Crippen LogP contribution in [0.4, 0.5) is 5.69 Å². The molecule has 2 heterocycles. The lowest BCUT2D eigenvalue weighted by Gasteiger charge is -2.07. The molecule has 25 heavy (non-hydrogen) atoms. The van der Waals surface area contributed by atoms with Crippen LogP contribution in [0.3, 0.4) is 0 Å². The number of hydrogen-bond donors (Lipinski definition) is 1. The maximum absolute atomic E-state index is 11.5. The van der Waals surface area contributed by atoms with Crippen molar-refractivity contribution in [3.63, 3.8) is 0 Å². The zero-order valence-electron chi connectivity index (χ0n) is 14.4. The first-order chi connectivity index (χ1) is 12.1. The largest absolute Gasteiger partial charge is 0.461 e. The van der Waals surface area contributed by atoms with Crippen LogP contribution in [0.5, 0.6) is 6.01 Å². The Labute approximate surface area is 145 Å². The van der Waals surface area contributed by atoms with Crippen LogP contribution in [-0.4, -0.2) is 26.8 Å². The number of ether oxygens (including phenoxy) is 1. The second-order valence-corrected chi connectivity index (χ2v) is 5.72. The van der Waals surface area contributed by atoms with Gasteiger partial charge in [0.25, 0.3) is 0 Å². The van der Waals surface area contributed by atoms with Crippen LogP contribution >= 0.6 is 0 Å². The molecule has 0 bridgehead atoms. The molecule has 0 saturated carbocycles. The third kappa shape index (κ3) is 3.88. The SMILES string of the molecule is CCC(=O)Nc1ccc(-n2nc(OC(C)C)nc2-c2ccco2)cc1. The van der Waals surface area contributed by atoms with E-state index in [-0.39, 0.29) is 18.0 Å². The summed E-state index contributed by atoms with van der Waals surface area (Å²) < 4.78 is 12.7. The molecule has 3 aromatic rings. The lowest BCUT2D eigenvalue weighted by Crippen LogP contribution is -2.09. The maximum Gasteiger partial charge on any atom is 0.336 e. The zero-order valence-corrected chi connectivity index (χ0v) is 14.4. The number of hydrogen-bond acceptors (Lipinski definition) is 5. The number of nitrogens with one attached hydrogen (secondary N) is 1. The Bertz CT molecular complexity index is 836. The molecule has 0 spiro atoms. The third-order valence-electron chi connectivity index (χ3n) is 3.39. The number of nitrogens with zero attached hydrogens (tertiary/aromatic N) is 3. The molecule has 0 fully saturated rings. The number of furan rings is 1. The van der Waals surface area contributed by atoms with Crippen LogP contribution in [0.2, 0.25) is 0 Å². The van der Waals surface area contributed by atoms with Gasteiger partial charge in [-0.15, -0.1) is 5.10 Å². The molecule has 0 saturated heterocycles. The van der Waals surface area contributed by atoms with Crippen LogP contribution in [-0.2, 0) is 4.79 Å². The monoisotopic (exact) mass is 340 g/mol. The lowest BCUT2D eigenvalue weighted by molar-refractivity contribution is -0.115. The van der Waals surface area contributed by atoms with Crippen molar-refractivity contribution in [1.82, 2.24) is 14.8 Å². The molecule has 130 valence electrons. The first-order valence-corrected chi connectivity index (χ1v) is 8.14. The highest BCUT2D eigenvalue weighted by molar-refractivity contribution is 5.90. The van der Waals surface area contributed by atoms with E-state index in [0.717, 1.165) is 11.4 Å². The molecular weight excluding hydrogens is 320 g/mol. The maximum atomic E-state index is 11.5. The number of carbonyl (C=O) groups excluding carboxylic acids is 1. The molecule has 3 rings (SSSR count). The fourth-order valence-electron chi connectivity index (χ4n) is 2.23. The van der Waals surface area contributed by atoms with Crippen LogP contribution in [0, 0.1) is 0 Å². The van der Waals surface area contributed by atoms with Crippen molar-refractivity contribution in [2.24, 2.45) is 0 Å². The van der Waals surface area contributed by atoms with E-state index in [9.17, 15) is 4.79 Å². The number of anilines is 1. The predicted octanol–water partition coefficient (Wildman–Crippen LogP) is 3.66. The highest BCUT2D eigenvalue weighted by atomic mass is 16.5. The highest BCUT2D eigenvalue weighted by Crippen LogP contribution is 2.25. The summed E-state index contributed by atoms with van der Waals surface area (Å²) in [5.74, 6) is 1.11. The minimum absolute atomic E-state index is 0.0302. The Hall–Kier alpha value is -3.09. The summed E-state index contributed by atoms with van der Waals surface area (Å²) in [7, 11) is 0. The van der Waals surface area contributed by atoms with Gasteiger partial charge >= 0.3 is 6.01 Å². The van der Waals surface area contributed by atoms with Gasteiger partial charge in [-0.25, -0.2) is 4.68 Å². The van der Waals surface area contributed by atoms with Crippen molar-refractivity contribution in [3.05, 3.63) is 42.7 Å². The van der Waals surface area contributed by atoms with Gasteiger partial charge in [0.1, 0.15) is 0 Å². The molecule has 1 aromatic carbocycles. The molecule has 7 nitrogen and oxygen atoms in total. The van der Waals surface area contributed by atoms with Gasteiger partial charge in [0.15, 0.2) is 5.76 Å². The number of aromatic nitrogens is 3. The third-order valence-corrected chi connectivity index (χ3v) is 3.39. The Balaban J connectivity index is 1.95. The summed E-state index contributed by atoms with van der Waals surface area (Å²) in [6.07, 6.45) is 1.98. The van der Waals surface area contributed by atoms with E-state index < -0.39 is 0 Å².